The second kappa shape index (κ2) is 8.32. The van der Waals surface area contributed by atoms with Crippen LogP contribution in [-0.2, 0) is 6.54 Å². The molecule has 0 aliphatic carbocycles. The lowest BCUT2D eigenvalue weighted by Crippen LogP contribution is -2.18. The standard InChI is InChI=1S/C16H18Br2N2S/c1-11(2)9-19-10-12-5-6-15(14(18)8-12)21-16-13(17)4-3-7-20-16/h3-8,11,19H,9-10H2,1-2H3. The van der Waals surface area contributed by atoms with E-state index in [0.717, 1.165) is 27.1 Å². The van der Waals surface area contributed by atoms with Crippen LogP contribution in [0.5, 0.6) is 0 Å². The summed E-state index contributed by atoms with van der Waals surface area (Å²) in [4.78, 5) is 5.56. The van der Waals surface area contributed by atoms with Gasteiger partial charge in [-0.2, -0.15) is 0 Å². The van der Waals surface area contributed by atoms with Gasteiger partial charge in [-0.3, -0.25) is 0 Å². The van der Waals surface area contributed by atoms with Crippen molar-refractivity contribution >= 4 is 43.6 Å². The third-order valence-electron chi connectivity index (χ3n) is 2.81. The smallest absolute Gasteiger partial charge is 0.115 e. The van der Waals surface area contributed by atoms with Crippen LogP contribution in [0.4, 0.5) is 0 Å². The van der Waals surface area contributed by atoms with Crippen molar-refractivity contribution in [3.05, 3.63) is 51.0 Å². The highest BCUT2D eigenvalue weighted by molar-refractivity contribution is 9.11. The zero-order valence-corrected chi connectivity index (χ0v) is 16.1. The molecule has 112 valence electrons. The van der Waals surface area contributed by atoms with Crippen molar-refractivity contribution in [2.45, 2.75) is 30.3 Å². The predicted octanol–water partition coefficient (Wildman–Crippen LogP) is 5.50. The molecule has 1 heterocycles. The first kappa shape index (κ1) is 17.0. The van der Waals surface area contributed by atoms with E-state index in [4.69, 9.17) is 0 Å². The van der Waals surface area contributed by atoms with Crippen LogP contribution >= 0.6 is 43.6 Å². The molecule has 0 spiro atoms. The Hall–Kier alpha value is -0.360. The van der Waals surface area contributed by atoms with Gasteiger partial charge in [0.15, 0.2) is 0 Å². The zero-order valence-electron chi connectivity index (χ0n) is 12.1. The number of hydrogen-bond donors (Lipinski definition) is 1. The number of rotatable bonds is 6. The second-order valence-electron chi connectivity index (χ2n) is 5.18. The van der Waals surface area contributed by atoms with Gasteiger partial charge in [0.25, 0.3) is 0 Å². The van der Waals surface area contributed by atoms with Crippen LogP contribution in [0.2, 0.25) is 0 Å². The van der Waals surface area contributed by atoms with Gasteiger partial charge in [-0.05, 0) is 74.2 Å². The summed E-state index contributed by atoms with van der Waals surface area (Å²) in [5, 5.41) is 4.43. The Bertz CT molecular complexity index is 603. The third kappa shape index (κ3) is 5.40. The van der Waals surface area contributed by atoms with Gasteiger partial charge in [-0.25, -0.2) is 4.98 Å². The normalized spacial score (nSPS) is 11.1. The van der Waals surface area contributed by atoms with Gasteiger partial charge in [-0.1, -0.05) is 31.7 Å². The highest BCUT2D eigenvalue weighted by Gasteiger charge is 2.07. The fourth-order valence-electron chi connectivity index (χ4n) is 1.79. The van der Waals surface area contributed by atoms with Gasteiger partial charge in [0.05, 0.1) is 4.47 Å². The third-order valence-corrected chi connectivity index (χ3v) is 5.72. The summed E-state index contributed by atoms with van der Waals surface area (Å²) in [7, 11) is 0. The maximum Gasteiger partial charge on any atom is 0.115 e. The minimum absolute atomic E-state index is 0.671. The van der Waals surface area contributed by atoms with Crippen molar-refractivity contribution in [2.24, 2.45) is 5.92 Å². The van der Waals surface area contributed by atoms with Gasteiger partial charge in [0, 0.05) is 22.1 Å². The van der Waals surface area contributed by atoms with E-state index in [1.165, 1.54) is 10.5 Å². The Balaban J connectivity index is 2.04. The topological polar surface area (TPSA) is 24.9 Å². The van der Waals surface area contributed by atoms with E-state index in [0.29, 0.717) is 5.92 Å². The summed E-state index contributed by atoms with van der Waals surface area (Å²) in [6.07, 6.45) is 1.81. The van der Waals surface area contributed by atoms with E-state index in [-0.39, 0.29) is 0 Å². The SMILES string of the molecule is CC(C)CNCc1ccc(Sc2ncccc2Br)c(Br)c1. The summed E-state index contributed by atoms with van der Waals surface area (Å²) in [5.41, 5.74) is 1.28. The molecule has 0 saturated heterocycles. The Morgan fingerprint density at radius 1 is 1.19 bits per heavy atom. The van der Waals surface area contributed by atoms with Gasteiger partial charge in [-0.15, -0.1) is 0 Å². The summed E-state index contributed by atoms with van der Waals surface area (Å²) < 4.78 is 2.12. The molecule has 0 aliphatic rings. The molecule has 0 radical (unpaired) electrons. The molecule has 2 rings (SSSR count). The summed E-state index contributed by atoms with van der Waals surface area (Å²) in [5.74, 6) is 0.671. The van der Waals surface area contributed by atoms with Crippen molar-refractivity contribution < 1.29 is 0 Å². The van der Waals surface area contributed by atoms with Crippen molar-refractivity contribution in [1.82, 2.24) is 10.3 Å². The zero-order chi connectivity index (χ0) is 15.2. The Kier molecular flexibility index (Phi) is 6.74. The minimum atomic E-state index is 0.671. The largest absolute Gasteiger partial charge is 0.312 e. The Morgan fingerprint density at radius 2 is 2.00 bits per heavy atom. The van der Waals surface area contributed by atoms with Crippen LogP contribution < -0.4 is 5.32 Å². The molecule has 0 atom stereocenters. The molecule has 21 heavy (non-hydrogen) atoms. The van der Waals surface area contributed by atoms with E-state index < -0.39 is 0 Å². The first-order chi connectivity index (χ1) is 10.1. The minimum Gasteiger partial charge on any atom is -0.312 e. The van der Waals surface area contributed by atoms with Crippen molar-refractivity contribution in [3.8, 4) is 0 Å². The molecule has 1 N–H and O–H groups in total. The number of pyridine rings is 1. The highest BCUT2D eigenvalue weighted by Crippen LogP contribution is 2.36. The molecule has 1 aromatic carbocycles. The molecule has 0 fully saturated rings. The molecular formula is C16H18Br2N2S. The second-order valence-corrected chi connectivity index (χ2v) is 7.92. The fraction of sp³-hybridized carbons (Fsp3) is 0.312. The van der Waals surface area contributed by atoms with Gasteiger partial charge in [0.1, 0.15) is 5.03 Å². The number of nitrogens with one attached hydrogen (secondary N) is 1. The van der Waals surface area contributed by atoms with Crippen LogP contribution in [0.3, 0.4) is 0 Å². The molecule has 0 saturated carbocycles. The summed E-state index contributed by atoms with van der Waals surface area (Å²) in [6, 6.07) is 10.4. The van der Waals surface area contributed by atoms with Crippen molar-refractivity contribution in [2.75, 3.05) is 6.54 Å². The molecule has 0 bridgehead atoms. The molecule has 2 nitrogen and oxygen atoms in total. The number of halogens is 2. The first-order valence-corrected chi connectivity index (χ1v) is 9.24. The van der Waals surface area contributed by atoms with E-state index in [1.54, 1.807) is 11.8 Å². The quantitative estimate of drug-likeness (QED) is 0.655. The monoisotopic (exact) mass is 428 g/mol. The maximum atomic E-state index is 4.39. The van der Waals surface area contributed by atoms with E-state index in [2.05, 4.69) is 74.2 Å². The number of benzene rings is 1. The number of hydrogen-bond acceptors (Lipinski definition) is 3. The van der Waals surface area contributed by atoms with Gasteiger partial charge in [0.2, 0.25) is 0 Å². The maximum absolute atomic E-state index is 4.39. The van der Waals surface area contributed by atoms with Crippen LogP contribution in [0.25, 0.3) is 0 Å². The Labute approximate surface area is 147 Å². The lowest BCUT2D eigenvalue weighted by Gasteiger charge is -2.10. The van der Waals surface area contributed by atoms with E-state index in [1.807, 2.05) is 18.3 Å². The lowest BCUT2D eigenvalue weighted by atomic mass is 10.2. The van der Waals surface area contributed by atoms with Crippen LogP contribution in [0.1, 0.15) is 19.4 Å². The average Bonchev–Trinajstić information content (AvgIpc) is 2.43. The molecule has 1 aromatic heterocycles. The van der Waals surface area contributed by atoms with Crippen LogP contribution in [0.15, 0.2) is 55.4 Å². The van der Waals surface area contributed by atoms with Crippen LogP contribution in [0, 0.1) is 5.92 Å². The van der Waals surface area contributed by atoms with Crippen molar-refractivity contribution in [1.29, 1.82) is 0 Å². The summed E-state index contributed by atoms with van der Waals surface area (Å²) in [6.45, 7) is 6.37. The molecular weight excluding hydrogens is 412 g/mol. The van der Waals surface area contributed by atoms with Crippen LogP contribution in [-0.4, -0.2) is 11.5 Å². The molecule has 0 aliphatic heterocycles. The van der Waals surface area contributed by atoms with E-state index in [9.17, 15) is 0 Å². The molecule has 0 amide bonds. The van der Waals surface area contributed by atoms with Gasteiger partial charge >= 0.3 is 0 Å². The van der Waals surface area contributed by atoms with Crippen molar-refractivity contribution in [3.63, 3.8) is 0 Å². The van der Waals surface area contributed by atoms with Gasteiger partial charge < -0.3 is 5.32 Å². The number of nitrogens with zero attached hydrogens (tertiary/aromatic N) is 1. The van der Waals surface area contributed by atoms with E-state index >= 15 is 0 Å². The number of aromatic nitrogens is 1. The molecule has 2 aromatic rings. The Morgan fingerprint density at radius 3 is 2.67 bits per heavy atom. The lowest BCUT2D eigenvalue weighted by molar-refractivity contribution is 0.552. The highest BCUT2D eigenvalue weighted by atomic mass is 79.9. The first-order valence-electron chi connectivity index (χ1n) is 6.84. The fourth-order valence-corrected chi connectivity index (χ4v) is 3.74. The molecule has 0 unspecified atom stereocenters. The summed E-state index contributed by atoms with van der Waals surface area (Å²) >= 11 is 8.84. The predicted molar refractivity (Wildman–Crippen MR) is 96.7 cm³/mol. The average molecular weight is 430 g/mol. The molecule has 5 heteroatoms.